The van der Waals surface area contributed by atoms with Crippen LogP contribution in [0.2, 0.25) is 5.02 Å². The van der Waals surface area contributed by atoms with E-state index in [4.69, 9.17) is 34.8 Å². The largest absolute Gasteiger partial charge is 0.326 e. The lowest BCUT2D eigenvalue weighted by atomic mass is 10.1. The average molecular weight is 477 g/mol. The number of rotatable bonds is 5. The zero-order valence-corrected chi connectivity index (χ0v) is 17.6. The first-order chi connectivity index (χ1) is 14.0. The van der Waals surface area contributed by atoms with Crippen molar-refractivity contribution in [2.24, 2.45) is 5.92 Å². The highest BCUT2D eigenvalue weighted by Crippen LogP contribution is 2.53. The van der Waals surface area contributed by atoms with Crippen LogP contribution < -0.4 is 16.0 Å². The Hall–Kier alpha value is -2.42. The van der Waals surface area contributed by atoms with Crippen molar-refractivity contribution < 1.29 is 23.2 Å². The number of hydrogen-bond donors (Lipinski definition) is 3. The van der Waals surface area contributed by atoms with E-state index < -0.39 is 45.3 Å². The maximum atomic E-state index is 14.5. The van der Waals surface area contributed by atoms with Crippen LogP contribution in [0.4, 0.5) is 25.8 Å². The Morgan fingerprint density at radius 2 is 1.73 bits per heavy atom. The van der Waals surface area contributed by atoms with Gasteiger partial charge < -0.3 is 16.0 Å². The quantitative estimate of drug-likeness (QED) is 0.533. The molecule has 0 radical (unpaired) electrons. The van der Waals surface area contributed by atoms with Crippen molar-refractivity contribution in [2.45, 2.75) is 17.7 Å². The summed E-state index contributed by atoms with van der Waals surface area (Å²) in [6.07, 6.45) is 0.298. The van der Waals surface area contributed by atoms with E-state index in [0.29, 0.717) is 6.42 Å². The number of amides is 3. The zero-order valence-electron chi connectivity index (χ0n) is 15.3. The minimum atomic E-state index is -1.16. The van der Waals surface area contributed by atoms with E-state index in [0.717, 1.165) is 19.1 Å². The highest BCUT2D eigenvalue weighted by Gasteiger charge is 2.56. The first-order valence-electron chi connectivity index (χ1n) is 8.55. The third kappa shape index (κ3) is 4.83. The topological polar surface area (TPSA) is 87.3 Å². The Balaban J connectivity index is 1.82. The minimum absolute atomic E-state index is 0.0141. The van der Waals surface area contributed by atoms with Gasteiger partial charge in [0.2, 0.25) is 11.8 Å². The van der Waals surface area contributed by atoms with Gasteiger partial charge in [-0.25, -0.2) is 8.78 Å². The van der Waals surface area contributed by atoms with Gasteiger partial charge in [0.15, 0.2) is 5.82 Å². The zero-order chi connectivity index (χ0) is 22.2. The predicted molar refractivity (Wildman–Crippen MR) is 111 cm³/mol. The Morgan fingerprint density at radius 1 is 1.07 bits per heavy atom. The molecule has 0 saturated heterocycles. The first-order valence-corrected chi connectivity index (χ1v) is 9.68. The molecule has 11 heteroatoms. The molecule has 1 atom stereocenters. The number of hydrogen-bond acceptors (Lipinski definition) is 3. The van der Waals surface area contributed by atoms with Gasteiger partial charge >= 0.3 is 0 Å². The van der Waals surface area contributed by atoms with Gasteiger partial charge in [0, 0.05) is 12.6 Å². The molecule has 0 heterocycles. The second kappa shape index (κ2) is 8.37. The summed E-state index contributed by atoms with van der Waals surface area (Å²) in [6, 6.07) is 5.95. The lowest BCUT2D eigenvalue weighted by Crippen LogP contribution is -2.19. The number of alkyl halides is 2. The van der Waals surface area contributed by atoms with Gasteiger partial charge in [-0.1, -0.05) is 11.6 Å². The summed E-state index contributed by atoms with van der Waals surface area (Å²) < 4.78 is 27.5. The van der Waals surface area contributed by atoms with Crippen LogP contribution in [0.5, 0.6) is 0 Å². The smallest absolute Gasteiger partial charge is 0.257 e. The van der Waals surface area contributed by atoms with Gasteiger partial charge in [-0.3, -0.25) is 14.4 Å². The van der Waals surface area contributed by atoms with E-state index in [1.165, 1.54) is 18.2 Å². The number of halogens is 5. The van der Waals surface area contributed by atoms with Crippen molar-refractivity contribution in [3.05, 3.63) is 52.6 Å². The molecule has 0 bridgehead atoms. The second-order valence-electron chi connectivity index (χ2n) is 6.62. The Kier molecular flexibility index (Phi) is 6.21. The van der Waals surface area contributed by atoms with Crippen molar-refractivity contribution in [1.29, 1.82) is 0 Å². The number of carbonyl (C=O) groups is 3. The third-order valence-electron chi connectivity index (χ3n) is 4.26. The maximum Gasteiger partial charge on any atom is 0.257 e. The standard InChI is InChI=1S/C19H14Cl3F2N3O3/c1-8(28)25-14-5-4-13(23)16(15(14)24)27-17(29)10-6-9(2-3-12(10)20)26-18(30)11-7-19(11,21)22/h2-6,11H,7H2,1H3,(H,25,28)(H,26,30)(H,27,29). The van der Waals surface area contributed by atoms with E-state index in [2.05, 4.69) is 16.0 Å². The summed E-state index contributed by atoms with van der Waals surface area (Å²) in [4.78, 5) is 35.8. The molecule has 1 saturated carbocycles. The molecule has 158 valence electrons. The molecule has 0 spiro atoms. The highest BCUT2D eigenvalue weighted by molar-refractivity contribution is 6.52. The SMILES string of the molecule is CC(=O)Nc1ccc(F)c(NC(=O)c2cc(NC(=O)C3CC3(Cl)Cl)ccc2Cl)c1F. The fraction of sp³-hybridized carbons (Fsp3) is 0.211. The molecule has 2 aromatic carbocycles. The van der Waals surface area contributed by atoms with E-state index in [-0.39, 0.29) is 22.0 Å². The lowest BCUT2D eigenvalue weighted by Gasteiger charge is -2.13. The highest BCUT2D eigenvalue weighted by atomic mass is 35.5. The third-order valence-corrected chi connectivity index (χ3v) is 5.43. The van der Waals surface area contributed by atoms with Crippen molar-refractivity contribution >= 4 is 69.6 Å². The average Bonchev–Trinajstić information content (AvgIpc) is 3.30. The van der Waals surface area contributed by atoms with Gasteiger partial charge in [-0.05, 0) is 36.8 Å². The fourth-order valence-corrected chi connectivity index (χ4v) is 3.35. The molecule has 1 unspecified atom stereocenters. The summed E-state index contributed by atoms with van der Waals surface area (Å²) in [5, 5.41) is 6.83. The van der Waals surface area contributed by atoms with Gasteiger partial charge in [0.05, 0.1) is 22.2 Å². The fourth-order valence-electron chi connectivity index (χ4n) is 2.64. The van der Waals surface area contributed by atoms with Crippen LogP contribution in [0.1, 0.15) is 23.7 Å². The normalized spacial score (nSPS) is 16.5. The Labute approximate surface area is 184 Å². The van der Waals surface area contributed by atoms with Crippen LogP contribution >= 0.6 is 34.8 Å². The molecule has 1 aliphatic rings. The molecule has 30 heavy (non-hydrogen) atoms. The van der Waals surface area contributed by atoms with Crippen molar-refractivity contribution in [3.8, 4) is 0 Å². The number of benzene rings is 2. The number of nitrogens with one attached hydrogen (secondary N) is 3. The van der Waals surface area contributed by atoms with Crippen molar-refractivity contribution in [1.82, 2.24) is 0 Å². The summed E-state index contributed by atoms with van der Waals surface area (Å²) >= 11 is 17.8. The van der Waals surface area contributed by atoms with E-state index in [1.54, 1.807) is 0 Å². The van der Waals surface area contributed by atoms with Crippen molar-refractivity contribution in [3.63, 3.8) is 0 Å². The van der Waals surface area contributed by atoms with Crippen LogP contribution in [0.3, 0.4) is 0 Å². The second-order valence-corrected chi connectivity index (χ2v) is 8.57. The van der Waals surface area contributed by atoms with Crippen molar-refractivity contribution in [2.75, 3.05) is 16.0 Å². The predicted octanol–water partition coefficient (Wildman–Crippen LogP) is 4.96. The summed E-state index contributed by atoms with van der Waals surface area (Å²) in [6.45, 7) is 1.15. The summed E-state index contributed by atoms with van der Waals surface area (Å²) in [7, 11) is 0. The van der Waals surface area contributed by atoms with Crippen LogP contribution in [-0.4, -0.2) is 22.1 Å². The Bertz CT molecular complexity index is 1060. The van der Waals surface area contributed by atoms with Gasteiger partial charge in [0.1, 0.15) is 15.8 Å². The summed E-state index contributed by atoms with van der Waals surface area (Å²) in [5.74, 6) is -4.73. The van der Waals surface area contributed by atoms with Crippen LogP contribution in [0.15, 0.2) is 30.3 Å². The molecule has 3 amide bonds. The van der Waals surface area contributed by atoms with E-state index in [1.807, 2.05) is 0 Å². The monoisotopic (exact) mass is 475 g/mol. The van der Waals surface area contributed by atoms with Gasteiger partial charge in [-0.2, -0.15) is 0 Å². The van der Waals surface area contributed by atoms with Crippen LogP contribution in [0.25, 0.3) is 0 Å². The molecule has 0 aliphatic heterocycles. The van der Waals surface area contributed by atoms with Gasteiger partial charge in [0.25, 0.3) is 5.91 Å². The molecular formula is C19H14Cl3F2N3O3. The maximum absolute atomic E-state index is 14.5. The molecule has 1 aliphatic carbocycles. The summed E-state index contributed by atoms with van der Waals surface area (Å²) in [5.41, 5.74) is -0.985. The molecule has 3 N–H and O–H groups in total. The molecule has 2 aromatic rings. The molecule has 0 aromatic heterocycles. The molecule has 3 rings (SSSR count). The first kappa shape index (κ1) is 22.3. The molecule has 1 fully saturated rings. The van der Waals surface area contributed by atoms with Crippen LogP contribution in [-0.2, 0) is 9.59 Å². The van der Waals surface area contributed by atoms with E-state index in [9.17, 15) is 23.2 Å². The Morgan fingerprint density at radius 3 is 2.33 bits per heavy atom. The minimum Gasteiger partial charge on any atom is -0.326 e. The molecule has 6 nitrogen and oxygen atoms in total. The van der Waals surface area contributed by atoms with Crippen LogP contribution in [0, 0.1) is 17.6 Å². The molecular weight excluding hydrogens is 463 g/mol. The number of carbonyl (C=O) groups excluding carboxylic acids is 3. The van der Waals surface area contributed by atoms with Gasteiger partial charge in [-0.15, -0.1) is 23.2 Å². The van der Waals surface area contributed by atoms with E-state index >= 15 is 0 Å². The number of anilines is 3. The lowest BCUT2D eigenvalue weighted by molar-refractivity contribution is -0.117.